The van der Waals surface area contributed by atoms with Gasteiger partial charge in [0.2, 0.25) is 0 Å². The average Bonchev–Trinajstić information content (AvgIpc) is 1.64. The van der Waals surface area contributed by atoms with E-state index in [1.165, 1.54) is 41.9 Å². The molecule has 582 valence electrons. The van der Waals surface area contributed by atoms with Crippen molar-refractivity contribution < 1.29 is 95.6 Å². The van der Waals surface area contributed by atoms with E-state index in [1.807, 2.05) is 0 Å². The summed E-state index contributed by atoms with van der Waals surface area (Å²) >= 11 is 2.77. The van der Waals surface area contributed by atoms with Gasteiger partial charge >= 0.3 is 37.8 Å². The summed E-state index contributed by atoms with van der Waals surface area (Å²) < 4.78 is 188. The van der Waals surface area contributed by atoms with E-state index in [2.05, 4.69) is 84.6 Å². The third kappa shape index (κ3) is 23.8. The van der Waals surface area contributed by atoms with Crippen molar-refractivity contribution in [1.82, 2.24) is 25.3 Å². The molecule has 0 unspecified atom stereocenters. The maximum Gasteiger partial charge on any atom is 0.490 e. The summed E-state index contributed by atoms with van der Waals surface area (Å²) in [5.41, 5.74) is 9.27. The quantitative estimate of drug-likeness (QED) is 0.0698. The number of aryl methyl sites for hydroxylation is 2. The maximum absolute atomic E-state index is 13.7. The molecule has 110 heavy (non-hydrogen) atoms. The molecule has 32 heteroatoms. The van der Waals surface area contributed by atoms with Gasteiger partial charge < -0.3 is 44.4 Å². The fourth-order valence-corrected chi connectivity index (χ4v) is 11.8. The Balaban J connectivity index is 0.000000189. The van der Waals surface area contributed by atoms with Gasteiger partial charge in [-0.2, -0.15) is 52.7 Å². The number of amides is 1. The molecule has 0 saturated carbocycles. The molecule has 5 aliphatic rings. The number of benzene rings is 4. The standard InChI is InChI=1S/C23H20F3N3O2.C13H10F3NO.C13H14F3NO.C11H19BO3.C10H8N2O2.C8H3BrF3N.ClH/c1-14-19(12-17-3-2-8-27-21(17)29-14)22(30)28-13-15-4-5-18(16-6-9-31-10-7-16)20(11-15)23(24,25)26;1-17-10-2-3-11(9-4-6-18-7-5-9)12(8-10)13(14,15)16;14-13(15,16)12-7-9(8-17)1-2-11(12)10-3-5-18-6-4-10;1-10(2)11(3,4)15-12(14-10)9-5-7-13-8-6-9;1-6-8(10(13)14)5-7-3-2-4-11-9(7)12-6;1-13-5-2-3-7(9)6(4-5)8(10,11)12;/h2-6,8,11-12H,7,9-10,13H2,1H3,(H,28,30);2-4,8H,5-7H2;1-3,7H,4-6,8,17H2;5H,6-8H2,1-4H3;2-5H,1H3,(H,13,14);2-4H;1H. The summed E-state index contributed by atoms with van der Waals surface area (Å²) in [4.78, 5) is 46.0. The van der Waals surface area contributed by atoms with Crippen LogP contribution in [0.1, 0.15) is 136 Å². The van der Waals surface area contributed by atoms with Crippen LogP contribution < -0.4 is 11.1 Å². The van der Waals surface area contributed by atoms with Crippen molar-refractivity contribution in [2.24, 2.45) is 5.73 Å². The molecule has 0 atom stereocenters. The zero-order chi connectivity index (χ0) is 79.7. The van der Waals surface area contributed by atoms with Crippen LogP contribution in [0.25, 0.3) is 48.5 Å². The van der Waals surface area contributed by atoms with E-state index in [1.54, 1.807) is 93.0 Å². The fraction of sp³-hybridized carbons (Fsp3) is 0.333. The molecule has 4 aromatic heterocycles. The summed E-state index contributed by atoms with van der Waals surface area (Å²) in [6, 6.07) is 25.9. The van der Waals surface area contributed by atoms with Crippen molar-refractivity contribution in [2.45, 2.75) is 116 Å². The highest BCUT2D eigenvalue weighted by Gasteiger charge is 2.52. The van der Waals surface area contributed by atoms with Crippen LogP contribution in [0, 0.1) is 27.0 Å². The molecule has 1 saturated heterocycles. The number of alkyl halides is 12. The highest BCUT2D eigenvalue weighted by molar-refractivity contribution is 9.10. The van der Waals surface area contributed by atoms with Crippen LogP contribution in [-0.2, 0) is 66.1 Å². The van der Waals surface area contributed by atoms with E-state index < -0.39 is 58.8 Å². The normalized spacial score (nSPS) is 16.0. The molecule has 0 bridgehead atoms. The minimum absolute atomic E-state index is 0. The zero-order valence-corrected chi connectivity index (χ0v) is 62.5. The second kappa shape index (κ2) is 38.5. The van der Waals surface area contributed by atoms with E-state index in [-0.39, 0.29) is 81.9 Å². The van der Waals surface area contributed by atoms with Gasteiger partial charge in [-0.15, -0.1) is 12.4 Å². The van der Waals surface area contributed by atoms with Crippen molar-refractivity contribution in [2.75, 3.05) is 52.9 Å². The van der Waals surface area contributed by atoms with Crippen LogP contribution in [0.2, 0.25) is 0 Å². The highest BCUT2D eigenvalue weighted by atomic mass is 79.9. The predicted molar refractivity (Wildman–Crippen MR) is 398 cm³/mol. The SMILES string of the molecule is CC1(C)OB(C2=CCOCC2)OC1(C)C.Cc1nc2ncccc2cc1C(=O)NCc1ccc(C2=CCOCC2)c(C(F)(F)F)c1.Cc1nc2ncccc2cc1C(=O)O.Cl.NCc1ccc(C2=CCOCC2)c(C(F)(F)F)c1.[C-]#[N+]c1ccc(Br)c(C(F)(F)F)c1.[C-]#[N+]c1ccc(C2=CCOCC2)c(C(F)(F)F)c1. The molecule has 0 aliphatic carbocycles. The summed E-state index contributed by atoms with van der Waals surface area (Å²) in [6.07, 6.45) is -5.05. The molecular weight excluding hydrogens is 1550 g/mol. The molecule has 8 aromatic rings. The number of nitrogens with one attached hydrogen (secondary N) is 1. The number of fused-ring (bicyclic) bond motifs is 2. The third-order valence-corrected chi connectivity index (χ3v) is 18.5. The molecule has 13 rings (SSSR count). The minimum atomic E-state index is -4.50. The predicted octanol–water partition coefficient (Wildman–Crippen LogP) is 19.8. The number of halogens is 14. The van der Waals surface area contributed by atoms with E-state index in [0.717, 1.165) is 42.7 Å². The topological polar surface area (TPSA) is 208 Å². The number of hydrogen-bond acceptors (Lipinski definition) is 13. The number of carboxylic acid groups (broad SMARTS) is 1. The van der Waals surface area contributed by atoms with E-state index in [4.69, 9.17) is 52.2 Å². The van der Waals surface area contributed by atoms with Crippen molar-refractivity contribution in [3.63, 3.8) is 0 Å². The van der Waals surface area contributed by atoms with Crippen molar-refractivity contribution in [1.29, 1.82) is 0 Å². The largest absolute Gasteiger partial charge is 0.490 e. The third-order valence-electron chi connectivity index (χ3n) is 17.8. The Bertz CT molecular complexity index is 4810. The van der Waals surface area contributed by atoms with Gasteiger partial charge in [0, 0.05) is 40.7 Å². The number of carboxylic acids is 1. The highest BCUT2D eigenvalue weighted by Crippen LogP contribution is 2.43. The average molecular weight is 1620 g/mol. The Labute approximate surface area is 641 Å². The first-order valence-corrected chi connectivity index (χ1v) is 34.6. The van der Waals surface area contributed by atoms with Gasteiger partial charge in [-0.05, 0) is 178 Å². The number of aromatic carboxylic acids is 1. The minimum Gasteiger partial charge on any atom is -0.478 e. The summed E-state index contributed by atoms with van der Waals surface area (Å²) in [5.74, 6) is -1.36. The lowest BCUT2D eigenvalue weighted by Crippen LogP contribution is -2.41. The van der Waals surface area contributed by atoms with E-state index in [0.29, 0.717) is 127 Å². The van der Waals surface area contributed by atoms with Crippen LogP contribution in [-0.4, -0.2) is 108 Å². The van der Waals surface area contributed by atoms with E-state index >= 15 is 0 Å². The molecule has 1 amide bonds. The molecule has 0 spiro atoms. The van der Waals surface area contributed by atoms with Gasteiger partial charge in [0.05, 0.1) is 122 Å². The van der Waals surface area contributed by atoms with Crippen LogP contribution in [0.15, 0.2) is 156 Å². The zero-order valence-electron chi connectivity index (χ0n) is 60.1. The van der Waals surface area contributed by atoms with Gasteiger partial charge in [-0.3, -0.25) is 4.79 Å². The number of hydrogen-bond donors (Lipinski definition) is 3. The van der Waals surface area contributed by atoms with Crippen LogP contribution in [0.4, 0.5) is 64.1 Å². The molecule has 17 nitrogen and oxygen atoms in total. The Kier molecular flexibility index (Phi) is 30.7. The number of rotatable bonds is 9. The molecule has 5 aliphatic heterocycles. The number of ether oxygens (including phenoxy) is 4. The van der Waals surface area contributed by atoms with Crippen LogP contribution >= 0.6 is 28.3 Å². The van der Waals surface area contributed by atoms with Gasteiger partial charge in [0.15, 0.2) is 22.7 Å². The van der Waals surface area contributed by atoms with Crippen molar-refractivity contribution >= 4 is 97.5 Å². The summed E-state index contributed by atoms with van der Waals surface area (Å²) in [6.45, 7) is 28.8. The Hall–Kier alpha value is -9.41. The smallest absolute Gasteiger partial charge is 0.478 e. The molecule has 0 radical (unpaired) electrons. The first kappa shape index (κ1) is 87.8. The molecule has 9 heterocycles. The lowest BCUT2D eigenvalue weighted by atomic mass is 9.75. The van der Waals surface area contributed by atoms with Crippen LogP contribution in [0.3, 0.4) is 0 Å². The number of aromatic nitrogens is 4. The van der Waals surface area contributed by atoms with E-state index in [9.17, 15) is 62.3 Å². The monoisotopic (exact) mass is 1620 g/mol. The number of nitrogens with zero attached hydrogens (tertiary/aromatic N) is 6. The number of nitrogens with two attached hydrogens (primary N) is 1. The number of pyridine rings is 4. The molecule has 4 N–H and O–H groups in total. The van der Waals surface area contributed by atoms with Crippen molar-refractivity contribution in [3.05, 3.63) is 251 Å². The Morgan fingerprint density at radius 1 is 0.545 bits per heavy atom. The lowest BCUT2D eigenvalue weighted by Gasteiger charge is -2.32. The van der Waals surface area contributed by atoms with Crippen molar-refractivity contribution in [3.8, 4) is 0 Å². The van der Waals surface area contributed by atoms with Gasteiger partial charge in [-0.25, -0.2) is 34.4 Å². The maximum atomic E-state index is 13.7. The second-order valence-electron chi connectivity index (χ2n) is 25.8. The number of carbonyl (C=O) groups excluding carboxylic acids is 1. The first-order chi connectivity index (χ1) is 51.4. The first-order valence-electron chi connectivity index (χ1n) is 33.8. The number of carbonyl (C=O) groups is 2. The Morgan fingerprint density at radius 3 is 1.35 bits per heavy atom. The molecule has 4 aromatic carbocycles. The van der Waals surface area contributed by atoms with Gasteiger partial charge in [0.25, 0.3) is 5.91 Å². The summed E-state index contributed by atoms with van der Waals surface area (Å²) in [5, 5.41) is 13.0. The molecular formula is C78H75BBrClF12N8O9. The fourth-order valence-electron chi connectivity index (χ4n) is 11.3. The van der Waals surface area contributed by atoms with Crippen LogP contribution in [0.5, 0.6) is 0 Å². The lowest BCUT2D eigenvalue weighted by molar-refractivity contribution is -0.138. The van der Waals surface area contributed by atoms with Gasteiger partial charge in [0.1, 0.15) is 0 Å². The van der Waals surface area contributed by atoms with Gasteiger partial charge in [-0.1, -0.05) is 88.8 Å². The second-order valence-corrected chi connectivity index (χ2v) is 26.6. The molecule has 1 fully saturated rings. The summed E-state index contributed by atoms with van der Waals surface area (Å²) in [7, 11) is -0.182. The Morgan fingerprint density at radius 2 is 0.936 bits per heavy atom.